The summed E-state index contributed by atoms with van der Waals surface area (Å²) in [4.78, 5) is 41.3. The van der Waals surface area contributed by atoms with E-state index in [9.17, 15) is 14.4 Å². The summed E-state index contributed by atoms with van der Waals surface area (Å²) in [6, 6.07) is 0. The van der Waals surface area contributed by atoms with Crippen LogP contribution >= 0.6 is 0 Å². The Morgan fingerprint density at radius 1 is 1.23 bits per heavy atom. The van der Waals surface area contributed by atoms with Gasteiger partial charge in [-0.2, -0.15) is 0 Å². The average molecular weight is 302 g/mol. The van der Waals surface area contributed by atoms with Crippen molar-refractivity contribution in [1.82, 2.24) is 9.88 Å². The SMILES string of the molecule is CC(=O)OC(C)c1[nH]c2c(c1C)C(=O)C(C)=C(N1CC1)C2=O. The molecule has 6 heteroatoms. The lowest BCUT2D eigenvalue weighted by molar-refractivity contribution is -0.145. The first-order valence-corrected chi connectivity index (χ1v) is 7.27. The largest absolute Gasteiger partial charge is 0.456 e. The van der Waals surface area contributed by atoms with E-state index < -0.39 is 12.1 Å². The van der Waals surface area contributed by atoms with Crippen LogP contribution in [-0.4, -0.2) is 40.5 Å². The highest BCUT2D eigenvalue weighted by Crippen LogP contribution is 2.35. The minimum Gasteiger partial charge on any atom is -0.456 e. The van der Waals surface area contributed by atoms with Crippen molar-refractivity contribution in [3.63, 3.8) is 0 Å². The van der Waals surface area contributed by atoms with Gasteiger partial charge in [0.1, 0.15) is 11.8 Å². The molecular weight excluding hydrogens is 284 g/mol. The molecule has 0 radical (unpaired) electrons. The van der Waals surface area contributed by atoms with Crippen LogP contribution < -0.4 is 0 Å². The summed E-state index contributed by atoms with van der Waals surface area (Å²) in [7, 11) is 0. The van der Waals surface area contributed by atoms with Gasteiger partial charge in [-0.05, 0) is 26.3 Å². The predicted octanol–water partition coefficient (Wildman–Crippen LogP) is 1.92. The number of allylic oxidation sites excluding steroid dienone is 2. The van der Waals surface area contributed by atoms with E-state index in [2.05, 4.69) is 4.98 Å². The molecule has 3 rings (SSSR count). The molecule has 116 valence electrons. The number of nitrogens with zero attached hydrogens (tertiary/aromatic N) is 1. The van der Waals surface area contributed by atoms with Crippen LogP contribution in [0, 0.1) is 6.92 Å². The zero-order valence-electron chi connectivity index (χ0n) is 13.1. The van der Waals surface area contributed by atoms with Crippen LogP contribution in [0.3, 0.4) is 0 Å². The van der Waals surface area contributed by atoms with Crippen LogP contribution in [0.1, 0.15) is 59.0 Å². The number of aromatic nitrogens is 1. The van der Waals surface area contributed by atoms with Gasteiger partial charge in [0.05, 0.1) is 17.0 Å². The van der Waals surface area contributed by atoms with Gasteiger partial charge in [0.2, 0.25) is 5.78 Å². The first-order valence-electron chi connectivity index (χ1n) is 7.27. The molecule has 1 aromatic rings. The number of hydrogen-bond acceptors (Lipinski definition) is 5. The molecule has 1 aromatic heterocycles. The van der Waals surface area contributed by atoms with Crippen molar-refractivity contribution < 1.29 is 19.1 Å². The quantitative estimate of drug-likeness (QED) is 0.681. The van der Waals surface area contributed by atoms with Gasteiger partial charge in [0, 0.05) is 25.6 Å². The number of rotatable bonds is 3. The Hall–Kier alpha value is -2.37. The molecule has 22 heavy (non-hydrogen) atoms. The van der Waals surface area contributed by atoms with E-state index >= 15 is 0 Å². The van der Waals surface area contributed by atoms with Gasteiger partial charge in [-0.3, -0.25) is 14.4 Å². The third-order valence-corrected chi connectivity index (χ3v) is 4.17. The molecule has 2 heterocycles. The molecule has 1 aliphatic heterocycles. The Kier molecular flexibility index (Phi) is 3.20. The average Bonchev–Trinajstić information content (AvgIpc) is 3.18. The summed E-state index contributed by atoms with van der Waals surface area (Å²) >= 11 is 0. The Balaban J connectivity index is 2.07. The van der Waals surface area contributed by atoms with Crippen molar-refractivity contribution in [1.29, 1.82) is 0 Å². The highest BCUT2D eigenvalue weighted by atomic mass is 16.5. The second-order valence-electron chi connectivity index (χ2n) is 5.78. The van der Waals surface area contributed by atoms with Crippen LogP contribution in [0.4, 0.5) is 0 Å². The summed E-state index contributed by atoms with van der Waals surface area (Å²) in [6.45, 7) is 8.11. The van der Waals surface area contributed by atoms with E-state index in [1.807, 2.05) is 4.90 Å². The molecule has 0 saturated carbocycles. The van der Waals surface area contributed by atoms with Crippen LogP contribution in [0.2, 0.25) is 0 Å². The number of nitrogens with one attached hydrogen (secondary N) is 1. The molecule has 0 amide bonds. The summed E-state index contributed by atoms with van der Waals surface area (Å²) in [6.07, 6.45) is -0.534. The van der Waals surface area contributed by atoms with E-state index in [1.54, 1.807) is 20.8 Å². The van der Waals surface area contributed by atoms with Gasteiger partial charge in [-0.25, -0.2) is 0 Å². The Morgan fingerprint density at radius 2 is 1.86 bits per heavy atom. The maximum absolute atomic E-state index is 12.7. The zero-order chi connectivity index (χ0) is 16.2. The maximum Gasteiger partial charge on any atom is 0.303 e. The minimum atomic E-state index is -0.534. The molecular formula is C16H18N2O4. The lowest BCUT2D eigenvalue weighted by Crippen LogP contribution is -2.24. The number of ketones is 2. The molecule has 1 aliphatic carbocycles. The number of carbonyl (C=O) groups excluding carboxylic acids is 3. The number of aromatic amines is 1. The number of carbonyl (C=O) groups is 3. The molecule has 1 unspecified atom stereocenters. The van der Waals surface area contributed by atoms with Gasteiger partial charge in [-0.15, -0.1) is 0 Å². The maximum atomic E-state index is 12.7. The summed E-state index contributed by atoms with van der Waals surface area (Å²) in [5, 5.41) is 0. The van der Waals surface area contributed by atoms with Gasteiger partial charge in [-0.1, -0.05) is 0 Å². The van der Waals surface area contributed by atoms with E-state index in [0.29, 0.717) is 33.8 Å². The summed E-state index contributed by atoms with van der Waals surface area (Å²) < 4.78 is 5.16. The highest BCUT2D eigenvalue weighted by Gasteiger charge is 2.39. The molecule has 1 N–H and O–H groups in total. The third kappa shape index (κ3) is 2.06. The van der Waals surface area contributed by atoms with Gasteiger partial charge < -0.3 is 14.6 Å². The van der Waals surface area contributed by atoms with Gasteiger partial charge in [0.15, 0.2) is 5.78 Å². The smallest absolute Gasteiger partial charge is 0.303 e. The molecule has 0 bridgehead atoms. The summed E-state index contributed by atoms with van der Waals surface area (Å²) in [5.74, 6) is -0.697. The van der Waals surface area contributed by atoms with Crippen LogP contribution in [0.15, 0.2) is 11.3 Å². The van der Waals surface area contributed by atoms with Crippen molar-refractivity contribution in [2.75, 3.05) is 13.1 Å². The molecule has 0 spiro atoms. The topological polar surface area (TPSA) is 79.2 Å². The summed E-state index contributed by atoms with van der Waals surface area (Å²) in [5.41, 5.74) is 2.97. The highest BCUT2D eigenvalue weighted by molar-refractivity contribution is 6.26. The van der Waals surface area contributed by atoms with E-state index in [-0.39, 0.29) is 11.6 Å². The predicted molar refractivity (Wildman–Crippen MR) is 78.6 cm³/mol. The van der Waals surface area contributed by atoms with E-state index in [1.165, 1.54) is 6.92 Å². The van der Waals surface area contributed by atoms with Crippen molar-refractivity contribution >= 4 is 17.5 Å². The standard InChI is InChI=1S/C16H18N2O4/c1-7-11-13(17-12(7)9(3)22-10(4)19)16(21)14(18-5-6-18)8(2)15(11)20/h9,17H,5-6H2,1-4H3. The first kappa shape index (κ1) is 14.6. The van der Waals surface area contributed by atoms with Gasteiger partial charge >= 0.3 is 5.97 Å². The molecule has 0 aromatic carbocycles. The molecule has 1 atom stereocenters. The minimum absolute atomic E-state index is 0.133. The Labute approximate surface area is 128 Å². The number of Topliss-reactive ketones (excluding diaryl/α,β-unsaturated/α-hetero) is 2. The first-order chi connectivity index (χ1) is 10.3. The Morgan fingerprint density at radius 3 is 2.41 bits per heavy atom. The molecule has 2 aliphatic rings. The van der Waals surface area contributed by atoms with Crippen LogP contribution in [0.25, 0.3) is 0 Å². The third-order valence-electron chi connectivity index (χ3n) is 4.17. The Bertz CT molecular complexity index is 738. The van der Waals surface area contributed by atoms with E-state index in [0.717, 1.165) is 13.1 Å². The second kappa shape index (κ2) is 4.83. The molecule has 1 fully saturated rings. The van der Waals surface area contributed by atoms with E-state index in [4.69, 9.17) is 4.74 Å². The van der Waals surface area contributed by atoms with Crippen LogP contribution in [-0.2, 0) is 9.53 Å². The van der Waals surface area contributed by atoms with Crippen molar-refractivity contribution in [3.8, 4) is 0 Å². The molecule has 6 nitrogen and oxygen atoms in total. The number of hydrogen-bond donors (Lipinski definition) is 1. The fraction of sp³-hybridized carbons (Fsp3) is 0.438. The number of esters is 1. The second-order valence-corrected chi connectivity index (χ2v) is 5.78. The fourth-order valence-corrected chi connectivity index (χ4v) is 3.02. The monoisotopic (exact) mass is 302 g/mol. The van der Waals surface area contributed by atoms with Crippen molar-refractivity contribution in [3.05, 3.63) is 33.8 Å². The van der Waals surface area contributed by atoms with Crippen molar-refractivity contribution in [2.24, 2.45) is 0 Å². The lowest BCUT2D eigenvalue weighted by atomic mass is 9.90. The number of H-pyrrole nitrogens is 1. The normalized spacial score (nSPS) is 18.5. The van der Waals surface area contributed by atoms with Crippen LogP contribution in [0.5, 0.6) is 0 Å². The lowest BCUT2D eigenvalue weighted by Gasteiger charge is -2.17. The van der Waals surface area contributed by atoms with Gasteiger partial charge in [0.25, 0.3) is 0 Å². The fourth-order valence-electron chi connectivity index (χ4n) is 3.02. The number of fused-ring (bicyclic) bond motifs is 1. The van der Waals surface area contributed by atoms with Crippen molar-refractivity contribution in [2.45, 2.75) is 33.8 Å². The number of ether oxygens (including phenoxy) is 1. The molecule has 1 saturated heterocycles. The zero-order valence-corrected chi connectivity index (χ0v) is 13.1.